The lowest BCUT2D eigenvalue weighted by atomic mass is 9.91. The van der Waals surface area contributed by atoms with Crippen LogP contribution in [0.3, 0.4) is 0 Å². The summed E-state index contributed by atoms with van der Waals surface area (Å²) in [7, 11) is 0. The van der Waals surface area contributed by atoms with Crippen LogP contribution in [0.25, 0.3) is 0 Å². The average molecular weight is 435 g/mol. The first kappa shape index (κ1) is 19.9. The molecule has 0 spiro atoms. The van der Waals surface area contributed by atoms with Gasteiger partial charge in [-0.3, -0.25) is 9.59 Å². The van der Waals surface area contributed by atoms with E-state index in [9.17, 15) is 9.59 Å². The molecule has 5 rings (SSSR count). The number of fused-ring (bicyclic) bond motifs is 1. The molecule has 2 heterocycles. The lowest BCUT2D eigenvalue weighted by Crippen LogP contribution is -2.38. The summed E-state index contributed by atoms with van der Waals surface area (Å²) in [5.41, 5.74) is 5.37. The van der Waals surface area contributed by atoms with Gasteiger partial charge in [0, 0.05) is 5.69 Å². The first-order valence-electron chi connectivity index (χ1n) is 10.4. The van der Waals surface area contributed by atoms with Crippen LogP contribution in [-0.2, 0) is 21.4 Å². The highest BCUT2D eigenvalue weighted by atomic mass is 35.5. The quantitative estimate of drug-likeness (QED) is 0.594. The lowest BCUT2D eigenvalue weighted by molar-refractivity contribution is -0.124. The molecule has 0 bridgehead atoms. The van der Waals surface area contributed by atoms with E-state index in [1.165, 1.54) is 0 Å². The van der Waals surface area contributed by atoms with Crippen molar-refractivity contribution in [3.63, 3.8) is 0 Å². The van der Waals surface area contributed by atoms with Gasteiger partial charge in [0.2, 0.25) is 11.8 Å². The molecule has 5 nitrogen and oxygen atoms in total. The second-order valence-corrected chi connectivity index (χ2v) is 8.96. The van der Waals surface area contributed by atoms with Crippen LogP contribution in [-0.4, -0.2) is 11.8 Å². The predicted octanol–water partition coefficient (Wildman–Crippen LogP) is 4.98. The lowest BCUT2D eigenvalue weighted by Gasteiger charge is -2.23. The van der Waals surface area contributed by atoms with E-state index in [1.54, 1.807) is 12.1 Å². The number of carbonyl (C=O) groups excluding carboxylic acids is 2. The largest absolute Gasteiger partial charge is 0.447 e. The maximum absolute atomic E-state index is 13.6. The van der Waals surface area contributed by atoms with Crippen LogP contribution in [0.1, 0.15) is 52.5 Å². The Bertz CT molecular complexity index is 1210. The average Bonchev–Trinajstić information content (AvgIpc) is 3.29. The summed E-state index contributed by atoms with van der Waals surface area (Å²) in [6, 6.07) is 15.1. The molecule has 1 fully saturated rings. The zero-order valence-electron chi connectivity index (χ0n) is 17.4. The highest BCUT2D eigenvalue weighted by Gasteiger charge is 2.52. The fourth-order valence-electron chi connectivity index (χ4n) is 4.50. The molecule has 1 aliphatic heterocycles. The minimum atomic E-state index is -0.575. The second kappa shape index (κ2) is 7.27. The van der Waals surface area contributed by atoms with Crippen molar-refractivity contribution >= 4 is 29.1 Å². The van der Waals surface area contributed by atoms with Gasteiger partial charge in [-0.2, -0.15) is 0 Å². The van der Waals surface area contributed by atoms with Crippen molar-refractivity contribution in [3.8, 4) is 0 Å². The van der Waals surface area contributed by atoms with Crippen LogP contribution >= 0.6 is 11.6 Å². The van der Waals surface area contributed by atoms with Gasteiger partial charge in [0.1, 0.15) is 11.8 Å². The van der Waals surface area contributed by atoms with E-state index in [-0.39, 0.29) is 17.0 Å². The van der Waals surface area contributed by atoms with Crippen LogP contribution in [0.2, 0.25) is 5.22 Å². The first-order valence-corrected chi connectivity index (χ1v) is 10.8. The number of carbonyl (C=O) groups is 2. The molecule has 2 N–H and O–H groups in total. The second-order valence-electron chi connectivity index (χ2n) is 8.59. The fourth-order valence-corrected chi connectivity index (χ4v) is 4.66. The Hall–Kier alpha value is -3.05. The van der Waals surface area contributed by atoms with Gasteiger partial charge in [0.25, 0.3) is 0 Å². The standard InChI is InChI=1S/C25H23ClN2O3/c1-14-3-5-18(15(2)11-14)23(20-7-8-21(26)31-20)28-24(30)25(9-10-25)17-4-6-19-16(12-17)13-22(29)27-19/h3-8,11-12,23H,9-10,13H2,1-2H3,(H,27,29)(H,28,30). The SMILES string of the molecule is Cc1ccc(C(NC(=O)C2(c3ccc4c(c3)CC(=O)N4)CC2)c2ccc(Cl)o2)c(C)c1. The highest BCUT2D eigenvalue weighted by molar-refractivity contribution is 6.28. The number of rotatable bonds is 5. The molecular weight excluding hydrogens is 412 g/mol. The Morgan fingerprint density at radius 3 is 2.61 bits per heavy atom. The topological polar surface area (TPSA) is 71.3 Å². The molecule has 1 aliphatic carbocycles. The van der Waals surface area contributed by atoms with E-state index in [0.717, 1.165) is 46.3 Å². The summed E-state index contributed by atoms with van der Waals surface area (Å²) >= 11 is 6.04. The Morgan fingerprint density at radius 1 is 1.13 bits per heavy atom. The number of aryl methyl sites for hydroxylation is 2. The fraction of sp³-hybridized carbons (Fsp3) is 0.280. The number of nitrogens with one attached hydrogen (secondary N) is 2. The van der Waals surface area contributed by atoms with Crippen molar-refractivity contribution in [3.05, 3.63) is 87.3 Å². The number of hydrogen-bond donors (Lipinski definition) is 2. The molecule has 0 radical (unpaired) electrons. The molecule has 1 atom stereocenters. The number of amides is 2. The zero-order valence-corrected chi connectivity index (χ0v) is 18.2. The van der Waals surface area contributed by atoms with Crippen molar-refractivity contribution in [2.45, 2.75) is 44.6 Å². The molecule has 2 aliphatic rings. The zero-order chi connectivity index (χ0) is 21.8. The first-order chi connectivity index (χ1) is 14.9. The van der Waals surface area contributed by atoms with Gasteiger partial charge in [0.15, 0.2) is 5.22 Å². The Kier molecular flexibility index (Phi) is 4.67. The Morgan fingerprint density at radius 2 is 1.94 bits per heavy atom. The summed E-state index contributed by atoms with van der Waals surface area (Å²) in [6.45, 7) is 4.07. The molecule has 1 saturated carbocycles. The monoisotopic (exact) mass is 434 g/mol. The molecule has 1 aromatic heterocycles. The minimum absolute atomic E-state index is 0.00828. The van der Waals surface area contributed by atoms with Gasteiger partial charge in [-0.05, 0) is 78.7 Å². The van der Waals surface area contributed by atoms with E-state index in [1.807, 2.05) is 44.2 Å². The molecule has 31 heavy (non-hydrogen) atoms. The van der Waals surface area contributed by atoms with Gasteiger partial charge in [-0.25, -0.2) is 0 Å². The van der Waals surface area contributed by atoms with Crippen molar-refractivity contribution in [2.24, 2.45) is 0 Å². The van der Waals surface area contributed by atoms with E-state index in [0.29, 0.717) is 12.2 Å². The third-order valence-electron chi connectivity index (χ3n) is 6.36. The summed E-state index contributed by atoms with van der Waals surface area (Å²) in [5.74, 6) is 0.554. The number of hydrogen-bond acceptors (Lipinski definition) is 3. The van der Waals surface area contributed by atoms with Gasteiger partial charge in [-0.15, -0.1) is 0 Å². The number of benzene rings is 2. The van der Waals surface area contributed by atoms with Crippen LogP contribution in [0.15, 0.2) is 52.9 Å². The minimum Gasteiger partial charge on any atom is -0.447 e. The van der Waals surface area contributed by atoms with E-state index >= 15 is 0 Å². The normalized spacial score (nSPS) is 17.1. The van der Waals surface area contributed by atoms with Gasteiger partial charge in [-0.1, -0.05) is 35.9 Å². The summed E-state index contributed by atoms with van der Waals surface area (Å²) in [4.78, 5) is 25.3. The predicted molar refractivity (Wildman–Crippen MR) is 119 cm³/mol. The molecule has 3 aromatic rings. The van der Waals surface area contributed by atoms with Crippen molar-refractivity contribution in [2.75, 3.05) is 5.32 Å². The third kappa shape index (κ3) is 3.53. The number of halogens is 1. The van der Waals surface area contributed by atoms with Crippen LogP contribution in [0.5, 0.6) is 0 Å². The number of anilines is 1. The highest BCUT2D eigenvalue weighted by Crippen LogP contribution is 2.50. The van der Waals surface area contributed by atoms with Gasteiger partial charge < -0.3 is 15.1 Å². The van der Waals surface area contributed by atoms with Gasteiger partial charge in [0.05, 0.1) is 11.8 Å². The van der Waals surface area contributed by atoms with Gasteiger partial charge >= 0.3 is 0 Å². The Labute approximate surface area is 185 Å². The van der Waals surface area contributed by atoms with E-state index in [2.05, 4.69) is 16.7 Å². The number of furan rings is 1. The molecule has 158 valence electrons. The molecule has 2 aromatic carbocycles. The van der Waals surface area contributed by atoms with Crippen molar-refractivity contribution in [1.82, 2.24) is 5.32 Å². The molecule has 6 heteroatoms. The maximum atomic E-state index is 13.6. The smallest absolute Gasteiger partial charge is 0.231 e. The van der Waals surface area contributed by atoms with E-state index in [4.69, 9.17) is 16.0 Å². The van der Waals surface area contributed by atoms with Crippen molar-refractivity contribution in [1.29, 1.82) is 0 Å². The Balaban J connectivity index is 1.47. The summed E-state index contributed by atoms with van der Waals surface area (Å²) < 4.78 is 5.70. The molecule has 0 saturated heterocycles. The van der Waals surface area contributed by atoms with Crippen LogP contribution in [0, 0.1) is 13.8 Å². The van der Waals surface area contributed by atoms with Crippen LogP contribution in [0.4, 0.5) is 5.69 Å². The third-order valence-corrected chi connectivity index (χ3v) is 6.56. The molecule has 1 unspecified atom stereocenters. The van der Waals surface area contributed by atoms with Crippen LogP contribution < -0.4 is 10.6 Å². The van der Waals surface area contributed by atoms with Crippen molar-refractivity contribution < 1.29 is 14.0 Å². The maximum Gasteiger partial charge on any atom is 0.231 e. The van der Waals surface area contributed by atoms with E-state index < -0.39 is 11.5 Å². The summed E-state index contributed by atoms with van der Waals surface area (Å²) in [5, 5.41) is 6.36. The molecular formula is C25H23ClN2O3. The molecule has 2 amide bonds. The summed E-state index contributed by atoms with van der Waals surface area (Å²) in [6.07, 6.45) is 1.91.